The lowest BCUT2D eigenvalue weighted by molar-refractivity contribution is 0.104. The van der Waals surface area contributed by atoms with Gasteiger partial charge >= 0.3 is 0 Å². The van der Waals surface area contributed by atoms with E-state index < -0.39 is 0 Å². The summed E-state index contributed by atoms with van der Waals surface area (Å²) in [4.78, 5) is 20.4. The highest BCUT2D eigenvalue weighted by Crippen LogP contribution is 2.29. The number of rotatable bonds is 9. The summed E-state index contributed by atoms with van der Waals surface area (Å²) >= 11 is 0. The molecule has 1 aliphatic rings. The van der Waals surface area contributed by atoms with Crippen LogP contribution in [0.1, 0.15) is 15.9 Å². The van der Waals surface area contributed by atoms with Crippen molar-refractivity contribution in [2.45, 2.75) is 0 Å². The molecule has 0 atom stereocenters. The molecule has 0 aliphatic carbocycles. The Morgan fingerprint density at radius 3 is 2.46 bits per heavy atom. The SMILES string of the molecule is CN(C)CCNc1cccc(C=CC(=O)c2cc(N3CCN(C)CC3)ccc2-c2ccccc2)c1. The molecule has 1 fully saturated rings. The maximum absolute atomic E-state index is 13.5. The molecule has 5 nitrogen and oxygen atoms in total. The van der Waals surface area contributed by atoms with Crippen LogP contribution in [-0.2, 0) is 0 Å². The molecule has 0 aromatic heterocycles. The van der Waals surface area contributed by atoms with Gasteiger partial charge in [0.2, 0.25) is 0 Å². The molecule has 1 N–H and O–H groups in total. The van der Waals surface area contributed by atoms with Gasteiger partial charge in [0.1, 0.15) is 0 Å². The number of allylic oxidation sites excluding steroid dienone is 1. The zero-order valence-corrected chi connectivity index (χ0v) is 21.1. The molecule has 182 valence electrons. The Morgan fingerprint density at radius 1 is 0.943 bits per heavy atom. The van der Waals surface area contributed by atoms with Gasteiger partial charge in [0.05, 0.1) is 0 Å². The quantitative estimate of drug-likeness (QED) is 0.354. The number of nitrogens with one attached hydrogen (secondary N) is 1. The first kappa shape index (κ1) is 24.7. The standard InChI is InChI=1S/C30H36N4O/c1-32(2)17-16-31-26-11-7-8-24(22-26)12-15-30(35)29-23-27(34-20-18-33(3)19-21-34)13-14-28(29)25-9-5-4-6-10-25/h4-15,22-23,31H,16-21H2,1-3H3. The third-order valence-electron chi connectivity index (χ3n) is 6.42. The first-order valence-electron chi connectivity index (χ1n) is 12.3. The Kier molecular flexibility index (Phi) is 8.35. The van der Waals surface area contributed by atoms with Gasteiger partial charge in [-0.25, -0.2) is 0 Å². The fourth-order valence-corrected chi connectivity index (χ4v) is 4.30. The maximum Gasteiger partial charge on any atom is 0.186 e. The van der Waals surface area contributed by atoms with Crippen LogP contribution in [0.5, 0.6) is 0 Å². The first-order valence-corrected chi connectivity index (χ1v) is 12.3. The van der Waals surface area contributed by atoms with Crippen LogP contribution >= 0.6 is 0 Å². The summed E-state index contributed by atoms with van der Waals surface area (Å²) in [5, 5.41) is 3.44. The second-order valence-corrected chi connectivity index (χ2v) is 9.44. The number of ketones is 1. The van der Waals surface area contributed by atoms with Gasteiger partial charge in [0.25, 0.3) is 0 Å². The van der Waals surface area contributed by atoms with E-state index in [-0.39, 0.29) is 5.78 Å². The molecule has 3 aromatic carbocycles. The molecule has 0 radical (unpaired) electrons. The van der Waals surface area contributed by atoms with Gasteiger partial charge in [0.15, 0.2) is 5.78 Å². The fraction of sp³-hybridized carbons (Fsp3) is 0.300. The predicted molar refractivity (Wildman–Crippen MR) is 148 cm³/mol. The van der Waals surface area contributed by atoms with Crippen molar-refractivity contribution in [1.82, 2.24) is 9.80 Å². The number of anilines is 2. The van der Waals surface area contributed by atoms with Gasteiger partial charge in [-0.05, 0) is 68.2 Å². The van der Waals surface area contributed by atoms with Crippen LogP contribution in [0.25, 0.3) is 17.2 Å². The highest BCUT2D eigenvalue weighted by molar-refractivity contribution is 6.11. The van der Waals surface area contributed by atoms with E-state index in [4.69, 9.17) is 0 Å². The number of hydrogen-bond donors (Lipinski definition) is 1. The molecule has 4 rings (SSSR count). The number of hydrogen-bond acceptors (Lipinski definition) is 5. The van der Waals surface area contributed by atoms with E-state index in [0.717, 1.165) is 72.9 Å². The van der Waals surface area contributed by atoms with Crippen LogP contribution in [0.2, 0.25) is 0 Å². The molecule has 1 aliphatic heterocycles. The molecule has 0 spiro atoms. The number of likely N-dealkylation sites (N-methyl/N-ethyl adjacent to an activating group) is 2. The van der Waals surface area contributed by atoms with Gasteiger partial charge in [-0.15, -0.1) is 0 Å². The minimum atomic E-state index is 0.0193. The number of nitrogens with zero attached hydrogens (tertiary/aromatic N) is 3. The number of carbonyl (C=O) groups is 1. The van der Waals surface area contributed by atoms with E-state index in [1.54, 1.807) is 6.08 Å². The topological polar surface area (TPSA) is 38.8 Å². The lowest BCUT2D eigenvalue weighted by atomic mass is 9.95. The third-order valence-corrected chi connectivity index (χ3v) is 6.42. The molecule has 5 heteroatoms. The lowest BCUT2D eigenvalue weighted by Crippen LogP contribution is -2.44. The van der Waals surface area contributed by atoms with Crippen molar-refractivity contribution in [2.24, 2.45) is 0 Å². The van der Waals surface area contributed by atoms with Crippen molar-refractivity contribution < 1.29 is 4.79 Å². The Hall–Kier alpha value is -3.41. The van der Waals surface area contributed by atoms with Crippen molar-refractivity contribution in [3.63, 3.8) is 0 Å². The highest BCUT2D eigenvalue weighted by Gasteiger charge is 2.18. The van der Waals surface area contributed by atoms with Gasteiger partial charge < -0.3 is 20.0 Å². The molecular formula is C30H36N4O. The number of carbonyl (C=O) groups excluding carboxylic acids is 1. The molecule has 1 saturated heterocycles. The first-order chi connectivity index (χ1) is 17.0. The summed E-state index contributed by atoms with van der Waals surface area (Å²) in [5.41, 5.74) is 5.94. The molecule has 0 unspecified atom stereocenters. The smallest absolute Gasteiger partial charge is 0.186 e. The Labute approximate surface area is 209 Å². The molecule has 3 aromatic rings. The van der Waals surface area contributed by atoms with E-state index in [0.29, 0.717) is 0 Å². The Balaban J connectivity index is 1.57. The highest BCUT2D eigenvalue weighted by atomic mass is 16.1. The Morgan fingerprint density at radius 2 is 1.71 bits per heavy atom. The van der Waals surface area contributed by atoms with Crippen molar-refractivity contribution in [3.8, 4) is 11.1 Å². The molecule has 1 heterocycles. The van der Waals surface area contributed by atoms with Crippen LogP contribution in [0, 0.1) is 0 Å². The third kappa shape index (κ3) is 6.81. The average Bonchev–Trinajstić information content (AvgIpc) is 2.88. The van der Waals surface area contributed by atoms with Crippen LogP contribution in [0.4, 0.5) is 11.4 Å². The molecule has 35 heavy (non-hydrogen) atoms. The van der Waals surface area contributed by atoms with E-state index in [2.05, 4.69) is 83.6 Å². The van der Waals surface area contributed by atoms with Gasteiger partial charge in [0, 0.05) is 56.2 Å². The minimum absolute atomic E-state index is 0.0193. The van der Waals surface area contributed by atoms with Crippen molar-refractivity contribution in [3.05, 3.63) is 90.0 Å². The molecule has 0 saturated carbocycles. The number of benzene rings is 3. The van der Waals surface area contributed by atoms with Crippen LogP contribution in [-0.4, -0.2) is 76.0 Å². The summed E-state index contributed by atoms with van der Waals surface area (Å²) in [6.07, 6.45) is 3.62. The summed E-state index contributed by atoms with van der Waals surface area (Å²) in [7, 11) is 6.28. The zero-order valence-electron chi connectivity index (χ0n) is 21.1. The predicted octanol–water partition coefficient (Wildman–Crippen LogP) is 4.98. The monoisotopic (exact) mass is 468 g/mol. The fourth-order valence-electron chi connectivity index (χ4n) is 4.30. The zero-order chi connectivity index (χ0) is 24.6. The summed E-state index contributed by atoms with van der Waals surface area (Å²) in [5.74, 6) is 0.0193. The van der Waals surface area contributed by atoms with Crippen molar-refractivity contribution >= 4 is 23.2 Å². The van der Waals surface area contributed by atoms with Crippen molar-refractivity contribution in [2.75, 3.05) is 70.6 Å². The lowest BCUT2D eigenvalue weighted by Gasteiger charge is -2.34. The van der Waals surface area contributed by atoms with Crippen LogP contribution < -0.4 is 10.2 Å². The second kappa shape index (κ2) is 11.8. The maximum atomic E-state index is 13.5. The van der Waals surface area contributed by atoms with E-state index in [1.165, 1.54) is 0 Å². The largest absolute Gasteiger partial charge is 0.384 e. The average molecular weight is 469 g/mol. The normalized spacial score (nSPS) is 14.6. The molecule has 0 amide bonds. The second-order valence-electron chi connectivity index (χ2n) is 9.44. The minimum Gasteiger partial charge on any atom is -0.384 e. The van der Waals surface area contributed by atoms with Crippen molar-refractivity contribution in [1.29, 1.82) is 0 Å². The Bertz CT molecular complexity index is 1150. The van der Waals surface area contributed by atoms with Gasteiger partial charge in [-0.1, -0.05) is 54.6 Å². The van der Waals surface area contributed by atoms with E-state index >= 15 is 0 Å². The van der Waals surface area contributed by atoms with Crippen LogP contribution in [0.15, 0.2) is 78.9 Å². The van der Waals surface area contributed by atoms with Gasteiger partial charge in [-0.3, -0.25) is 4.79 Å². The van der Waals surface area contributed by atoms with E-state index in [1.807, 2.05) is 36.4 Å². The summed E-state index contributed by atoms with van der Waals surface area (Å²) in [6.45, 7) is 5.84. The van der Waals surface area contributed by atoms with Gasteiger partial charge in [-0.2, -0.15) is 0 Å². The van der Waals surface area contributed by atoms with E-state index in [9.17, 15) is 4.79 Å². The van der Waals surface area contributed by atoms with Crippen LogP contribution in [0.3, 0.4) is 0 Å². The number of piperazine rings is 1. The molecule has 0 bridgehead atoms. The summed E-state index contributed by atoms with van der Waals surface area (Å²) < 4.78 is 0. The summed E-state index contributed by atoms with van der Waals surface area (Å²) in [6, 6.07) is 24.7. The molecular weight excluding hydrogens is 432 g/mol.